The monoisotopic (exact) mass is 294 g/mol. The molecule has 110 valence electrons. The molecule has 2 N–H and O–H groups in total. The molecular weight excluding hydrogens is 272 g/mol. The third-order valence-electron chi connectivity index (χ3n) is 4.46. The van der Waals surface area contributed by atoms with E-state index >= 15 is 0 Å². The number of nitrogens with one attached hydrogen (secondary N) is 1. The van der Waals surface area contributed by atoms with Crippen LogP contribution in [0.25, 0.3) is 0 Å². The molecule has 5 heteroatoms. The molecule has 2 aliphatic rings. The number of hydrogen-bond acceptors (Lipinski definition) is 4. The average molecular weight is 294 g/mol. The van der Waals surface area contributed by atoms with Gasteiger partial charge in [0.25, 0.3) is 0 Å². The Labute approximate surface area is 123 Å². The highest BCUT2D eigenvalue weighted by Crippen LogP contribution is 2.25. The summed E-state index contributed by atoms with van der Waals surface area (Å²) >= 11 is 1.79. The number of amides is 1. The molecule has 3 rings (SSSR count). The Morgan fingerprint density at radius 3 is 3.20 bits per heavy atom. The smallest absolute Gasteiger partial charge is 0.236 e. The lowest BCUT2D eigenvalue weighted by atomic mass is 10.1. The third-order valence-corrected chi connectivity index (χ3v) is 5.49. The van der Waals surface area contributed by atoms with Crippen molar-refractivity contribution in [3.63, 3.8) is 0 Å². The molecule has 0 radical (unpaired) electrons. The molecule has 1 aliphatic heterocycles. The van der Waals surface area contributed by atoms with Crippen molar-refractivity contribution in [2.75, 3.05) is 19.6 Å². The summed E-state index contributed by atoms with van der Waals surface area (Å²) in [6.07, 6.45) is 3.90. The first-order chi connectivity index (χ1) is 9.74. The first kappa shape index (κ1) is 14.0. The van der Waals surface area contributed by atoms with Gasteiger partial charge in [0.2, 0.25) is 5.91 Å². The van der Waals surface area contributed by atoms with Crippen molar-refractivity contribution in [1.82, 2.24) is 10.2 Å². The van der Waals surface area contributed by atoms with Crippen LogP contribution in [0.5, 0.6) is 0 Å². The lowest BCUT2D eigenvalue weighted by molar-refractivity contribution is -0.131. The Morgan fingerprint density at radius 1 is 1.50 bits per heavy atom. The van der Waals surface area contributed by atoms with Crippen molar-refractivity contribution in [3.8, 4) is 0 Å². The van der Waals surface area contributed by atoms with E-state index in [1.54, 1.807) is 11.3 Å². The Bertz CT molecular complexity index is 474. The molecule has 0 aromatic carbocycles. The van der Waals surface area contributed by atoms with Crippen molar-refractivity contribution in [3.05, 3.63) is 21.9 Å². The second-order valence-electron chi connectivity index (χ2n) is 5.82. The van der Waals surface area contributed by atoms with Crippen LogP contribution in [0.3, 0.4) is 0 Å². The summed E-state index contributed by atoms with van der Waals surface area (Å²) in [5.74, 6) is 0.502. The number of rotatable bonds is 4. The molecule has 1 aromatic heterocycles. The Hall–Kier alpha value is -0.910. The van der Waals surface area contributed by atoms with Crippen LogP contribution in [-0.2, 0) is 17.8 Å². The maximum atomic E-state index is 12.2. The van der Waals surface area contributed by atoms with Crippen molar-refractivity contribution in [2.45, 2.75) is 38.3 Å². The normalized spacial score (nSPS) is 25.8. The highest BCUT2D eigenvalue weighted by molar-refractivity contribution is 7.10. The first-order valence-corrected chi connectivity index (χ1v) is 8.34. The van der Waals surface area contributed by atoms with E-state index in [1.165, 1.54) is 10.4 Å². The molecule has 2 atom stereocenters. The van der Waals surface area contributed by atoms with E-state index in [0.717, 1.165) is 45.3 Å². The van der Waals surface area contributed by atoms with Crippen molar-refractivity contribution < 1.29 is 9.90 Å². The number of aliphatic hydroxyl groups is 1. The van der Waals surface area contributed by atoms with Crippen LogP contribution in [0.2, 0.25) is 0 Å². The van der Waals surface area contributed by atoms with E-state index in [0.29, 0.717) is 12.5 Å². The number of aliphatic hydroxyl groups excluding tert-OH is 1. The van der Waals surface area contributed by atoms with E-state index in [4.69, 9.17) is 0 Å². The minimum atomic E-state index is -0.180. The molecule has 1 aromatic rings. The standard InChI is InChI=1S/C15H22N2O2S/c18-13-3-1-2-11(13)8-16-9-15(19)17-6-4-14-12(10-17)5-7-20-14/h5,7,11,13,16,18H,1-4,6,8-10H2. The summed E-state index contributed by atoms with van der Waals surface area (Å²) in [4.78, 5) is 15.6. The van der Waals surface area contributed by atoms with Crippen LogP contribution in [0.1, 0.15) is 29.7 Å². The lowest BCUT2D eigenvalue weighted by Crippen LogP contribution is -2.42. The van der Waals surface area contributed by atoms with Gasteiger partial charge in [0.15, 0.2) is 0 Å². The molecule has 1 aliphatic carbocycles. The van der Waals surface area contributed by atoms with Gasteiger partial charge in [-0.3, -0.25) is 4.79 Å². The van der Waals surface area contributed by atoms with Crippen LogP contribution < -0.4 is 5.32 Å². The summed E-state index contributed by atoms with van der Waals surface area (Å²) < 4.78 is 0. The largest absolute Gasteiger partial charge is 0.393 e. The van der Waals surface area contributed by atoms with Gasteiger partial charge >= 0.3 is 0 Å². The molecule has 20 heavy (non-hydrogen) atoms. The predicted molar refractivity (Wildman–Crippen MR) is 79.7 cm³/mol. The summed E-state index contributed by atoms with van der Waals surface area (Å²) in [6, 6.07) is 2.13. The van der Waals surface area contributed by atoms with Gasteiger partial charge in [0, 0.05) is 24.5 Å². The number of nitrogens with zero attached hydrogens (tertiary/aromatic N) is 1. The van der Waals surface area contributed by atoms with E-state index in [9.17, 15) is 9.90 Å². The Balaban J connectivity index is 1.43. The predicted octanol–water partition coefficient (Wildman–Crippen LogP) is 1.38. The zero-order chi connectivity index (χ0) is 13.9. The third kappa shape index (κ3) is 3.05. The number of hydrogen-bond donors (Lipinski definition) is 2. The van der Waals surface area contributed by atoms with Crippen LogP contribution in [0.15, 0.2) is 11.4 Å². The lowest BCUT2D eigenvalue weighted by Gasteiger charge is -2.27. The summed E-state index contributed by atoms with van der Waals surface area (Å²) in [7, 11) is 0. The molecule has 0 bridgehead atoms. The summed E-state index contributed by atoms with van der Waals surface area (Å²) in [6.45, 7) is 2.73. The van der Waals surface area contributed by atoms with Crippen LogP contribution in [0, 0.1) is 5.92 Å². The topological polar surface area (TPSA) is 52.6 Å². The van der Waals surface area contributed by atoms with Crippen molar-refractivity contribution >= 4 is 17.2 Å². The molecule has 1 saturated carbocycles. The minimum absolute atomic E-state index is 0.175. The van der Waals surface area contributed by atoms with E-state index < -0.39 is 0 Å². The van der Waals surface area contributed by atoms with Gasteiger partial charge in [0.05, 0.1) is 12.6 Å². The quantitative estimate of drug-likeness (QED) is 0.882. The summed E-state index contributed by atoms with van der Waals surface area (Å²) in [5.41, 5.74) is 1.31. The SMILES string of the molecule is O=C(CNCC1CCCC1O)N1CCc2sccc2C1. The fourth-order valence-electron chi connectivity index (χ4n) is 3.19. The van der Waals surface area contributed by atoms with Gasteiger partial charge in [-0.15, -0.1) is 11.3 Å². The fourth-order valence-corrected chi connectivity index (χ4v) is 4.08. The molecule has 0 saturated heterocycles. The zero-order valence-electron chi connectivity index (χ0n) is 11.7. The van der Waals surface area contributed by atoms with Crippen LogP contribution >= 0.6 is 11.3 Å². The highest BCUT2D eigenvalue weighted by atomic mass is 32.1. The van der Waals surface area contributed by atoms with Crippen molar-refractivity contribution in [1.29, 1.82) is 0 Å². The molecule has 4 nitrogen and oxygen atoms in total. The molecule has 1 amide bonds. The van der Waals surface area contributed by atoms with Gasteiger partial charge in [0.1, 0.15) is 0 Å². The van der Waals surface area contributed by atoms with E-state index in [-0.39, 0.29) is 12.0 Å². The summed E-state index contributed by atoms with van der Waals surface area (Å²) in [5, 5.41) is 15.1. The number of carbonyl (C=O) groups excluding carboxylic acids is 1. The molecule has 1 fully saturated rings. The molecule has 2 unspecified atom stereocenters. The molecular formula is C15H22N2O2S. The van der Waals surface area contributed by atoms with Gasteiger partial charge in [-0.2, -0.15) is 0 Å². The maximum Gasteiger partial charge on any atom is 0.236 e. The second-order valence-corrected chi connectivity index (χ2v) is 6.82. The maximum absolute atomic E-state index is 12.2. The van der Waals surface area contributed by atoms with Crippen LogP contribution in [0.4, 0.5) is 0 Å². The second kappa shape index (κ2) is 6.24. The molecule has 2 heterocycles. The van der Waals surface area contributed by atoms with Crippen LogP contribution in [-0.4, -0.2) is 41.7 Å². The van der Waals surface area contributed by atoms with Crippen molar-refractivity contribution in [2.24, 2.45) is 5.92 Å². The zero-order valence-corrected chi connectivity index (χ0v) is 12.5. The first-order valence-electron chi connectivity index (χ1n) is 7.46. The average Bonchev–Trinajstić information content (AvgIpc) is 3.07. The Kier molecular flexibility index (Phi) is 4.38. The van der Waals surface area contributed by atoms with Gasteiger partial charge in [-0.05, 0) is 42.2 Å². The van der Waals surface area contributed by atoms with Gasteiger partial charge < -0.3 is 15.3 Å². The number of fused-ring (bicyclic) bond motifs is 1. The number of carbonyl (C=O) groups is 1. The van der Waals surface area contributed by atoms with Gasteiger partial charge in [-0.1, -0.05) is 6.42 Å². The Morgan fingerprint density at radius 2 is 2.40 bits per heavy atom. The highest BCUT2D eigenvalue weighted by Gasteiger charge is 2.25. The molecule has 0 spiro atoms. The van der Waals surface area contributed by atoms with Gasteiger partial charge in [-0.25, -0.2) is 0 Å². The van der Waals surface area contributed by atoms with E-state index in [2.05, 4.69) is 16.8 Å². The fraction of sp³-hybridized carbons (Fsp3) is 0.667. The van der Waals surface area contributed by atoms with E-state index in [1.807, 2.05) is 4.90 Å². The number of thiophene rings is 1. The minimum Gasteiger partial charge on any atom is -0.393 e.